The fourth-order valence-electron chi connectivity index (χ4n) is 2.00. The van der Waals surface area contributed by atoms with Gasteiger partial charge in [0.2, 0.25) is 0 Å². The molecular weight excluding hydrogens is 311 g/mol. The van der Waals surface area contributed by atoms with Crippen molar-refractivity contribution < 1.29 is 13.2 Å². The summed E-state index contributed by atoms with van der Waals surface area (Å²) < 4.78 is 38.9. The van der Waals surface area contributed by atoms with Gasteiger partial charge < -0.3 is 9.88 Å². The average molecular weight is 326 g/mol. The van der Waals surface area contributed by atoms with Gasteiger partial charge in [-0.25, -0.2) is 4.98 Å². The fourth-order valence-corrected chi connectivity index (χ4v) is 2.67. The predicted molar refractivity (Wildman–Crippen MR) is 77.9 cm³/mol. The van der Waals surface area contributed by atoms with Crippen molar-refractivity contribution in [3.63, 3.8) is 0 Å². The smallest absolute Gasteiger partial charge is 0.365 e. The summed E-state index contributed by atoms with van der Waals surface area (Å²) in [5.74, 6) is 0. The largest absolute Gasteiger partial charge is 0.406 e. The molecule has 0 aromatic carbocycles. The molecule has 2 aromatic rings. The molecule has 20 heavy (non-hydrogen) atoms. The molecule has 112 valence electrons. The first kappa shape index (κ1) is 16.8. The number of alkyl halides is 3. The molecule has 0 bridgehead atoms. The minimum atomic E-state index is -4.22. The van der Waals surface area contributed by atoms with Gasteiger partial charge in [0.1, 0.15) is 6.54 Å². The van der Waals surface area contributed by atoms with Crippen molar-refractivity contribution in [2.75, 3.05) is 12.4 Å². The summed E-state index contributed by atoms with van der Waals surface area (Å²) >= 11 is 1.43. The van der Waals surface area contributed by atoms with E-state index in [4.69, 9.17) is 0 Å². The van der Waals surface area contributed by atoms with Gasteiger partial charge in [0.15, 0.2) is 5.13 Å². The van der Waals surface area contributed by atoms with Crippen LogP contribution in [0.25, 0.3) is 11.3 Å². The fraction of sp³-hybridized carbons (Fsp3) is 0.417. The second-order valence-electron chi connectivity index (χ2n) is 4.27. The summed E-state index contributed by atoms with van der Waals surface area (Å²) in [6.45, 7) is 2.40. The van der Waals surface area contributed by atoms with Crippen LogP contribution < -0.4 is 5.32 Å². The Morgan fingerprint density at radius 1 is 1.35 bits per heavy atom. The molecule has 1 N–H and O–H groups in total. The summed E-state index contributed by atoms with van der Waals surface area (Å²) in [7, 11) is 1.76. The van der Waals surface area contributed by atoms with Gasteiger partial charge in [-0.1, -0.05) is 0 Å². The quantitative estimate of drug-likeness (QED) is 0.914. The highest BCUT2D eigenvalue weighted by Gasteiger charge is 2.29. The van der Waals surface area contributed by atoms with E-state index in [1.807, 2.05) is 5.38 Å². The highest BCUT2D eigenvalue weighted by atomic mass is 35.5. The van der Waals surface area contributed by atoms with E-state index in [0.29, 0.717) is 17.1 Å². The molecule has 0 aliphatic rings. The van der Waals surface area contributed by atoms with E-state index in [9.17, 15) is 13.2 Å². The number of halogens is 4. The molecule has 0 amide bonds. The lowest BCUT2D eigenvalue weighted by Crippen LogP contribution is -2.19. The van der Waals surface area contributed by atoms with Gasteiger partial charge in [-0.05, 0) is 19.9 Å². The zero-order valence-electron chi connectivity index (χ0n) is 11.2. The van der Waals surface area contributed by atoms with Gasteiger partial charge in [0.05, 0.1) is 5.69 Å². The second-order valence-corrected chi connectivity index (χ2v) is 5.13. The maximum atomic E-state index is 12.5. The molecular formula is C12H15ClF3N3S. The van der Waals surface area contributed by atoms with Gasteiger partial charge in [-0.2, -0.15) is 13.2 Å². The third-order valence-corrected chi connectivity index (χ3v) is 3.76. The predicted octanol–water partition coefficient (Wildman–Crippen LogP) is 4.25. The first-order chi connectivity index (χ1) is 8.81. The number of nitrogens with one attached hydrogen (secondary N) is 1. The lowest BCUT2D eigenvalue weighted by molar-refractivity contribution is -0.141. The summed E-state index contributed by atoms with van der Waals surface area (Å²) in [5, 5.41) is 5.50. The van der Waals surface area contributed by atoms with Crippen LogP contribution in [-0.4, -0.2) is 22.8 Å². The van der Waals surface area contributed by atoms with Gasteiger partial charge in [-0.15, -0.1) is 23.7 Å². The van der Waals surface area contributed by atoms with Crippen LogP contribution in [0.15, 0.2) is 11.4 Å². The Morgan fingerprint density at radius 2 is 2.00 bits per heavy atom. The number of rotatable bonds is 3. The van der Waals surface area contributed by atoms with Gasteiger partial charge in [0, 0.05) is 29.4 Å². The van der Waals surface area contributed by atoms with Crippen LogP contribution in [0.3, 0.4) is 0 Å². The molecule has 0 unspecified atom stereocenters. The van der Waals surface area contributed by atoms with Gasteiger partial charge in [-0.3, -0.25) is 0 Å². The van der Waals surface area contributed by atoms with Crippen LogP contribution in [0.1, 0.15) is 11.4 Å². The van der Waals surface area contributed by atoms with Gasteiger partial charge in [0.25, 0.3) is 0 Å². The number of aryl methyl sites for hydroxylation is 1. The minimum Gasteiger partial charge on any atom is -0.365 e. The van der Waals surface area contributed by atoms with Crippen molar-refractivity contribution in [1.82, 2.24) is 9.55 Å². The standard InChI is InChI=1S/C12H14F3N3S.ClH/c1-7-4-9(10-5-19-11(16-3)17-10)8(2)18(7)6-12(13,14)15;/h4-5H,6H2,1-3H3,(H,16,17);1H. The summed E-state index contributed by atoms with van der Waals surface area (Å²) in [4.78, 5) is 4.32. The Bertz CT molecular complexity index is 589. The van der Waals surface area contributed by atoms with Crippen molar-refractivity contribution in [1.29, 1.82) is 0 Å². The van der Waals surface area contributed by atoms with E-state index in [1.165, 1.54) is 15.9 Å². The summed E-state index contributed by atoms with van der Waals surface area (Å²) in [5.41, 5.74) is 2.63. The molecule has 0 aliphatic carbocycles. The van der Waals surface area contributed by atoms with E-state index in [0.717, 1.165) is 10.7 Å². The molecule has 0 atom stereocenters. The molecule has 0 saturated carbocycles. The molecule has 2 aromatic heterocycles. The molecule has 0 fully saturated rings. The first-order valence-electron chi connectivity index (χ1n) is 5.69. The Hall–Kier alpha value is -1.21. The zero-order valence-corrected chi connectivity index (χ0v) is 12.8. The average Bonchev–Trinajstić information content (AvgIpc) is 2.87. The Kier molecular flexibility index (Phi) is 5.10. The SMILES string of the molecule is CNc1nc(-c2cc(C)n(CC(F)(F)F)c2C)cs1.Cl. The molecule has 3 nitrogen and oxygen atoms in total. The molecule has 0 spiro atoms. The second kappa shape index (κ2) is 6.05. The van der Waals surface area contributed by atoms with Crippen molar-refractivity contribution in [2.24, 2.45) is 0 Å². The first-order valence-corrected chi connectivity index (χ1v) is 6.57. The maximum absolute atomic E-state index is 12.5. The van der Waals surface area contributed by atoms with Crippen LogP contribution >= 0.6 is 23.7 Å². The number of nitrogens with zero attached hydrogens (tertiary/aromatic N) is 2. The monoisotopic (exact) mass is 325 g/mol. The van der Waals surface area contributed by atoms with Gasteiger partial charge >= 0.3 is 6.18 Å². The number of hydrogen-bond acceptors (Lipinski definition) is 3. The zero-order chi connectivity index (χ0) is 14.2. The van der Waals surface area contributed by atoms with E-state index >= 15 is 0 Å². The Balaban J connectivity index is 0.00000200. The normalized spacial score (nSPS) is 11.3. The minimum absolute atomic E-state index is 0. The number of anilines is 1. The van der Waals surface area contributed by atoms with Crippen molar-refractivity contribution in [3.8, 4) is 11.3 Å². The van der Waals surface area contributed by atoms with E-state index < -0.39 is 12.7 Å². The lowest BCUT2D eigenvalue weighted by Gasteiger charge is -2.12. The molecule has 0 saturated heterocycles. The Morgan fingerprint density at radius 3 is 2.50 bits per heavy atom. The third-order valence-electron chi connectivity index (χ3n) is 2.91. The van der Waals surface area contributed by atoms with Crippen LogP contribution in [0, 0.1) is 13.8 Å². The van der Waals surface area contributed by atoms with Crippen molar-refractivity contribution in [2.45, 2.75) is 26.6 Å². The molecule has 8 heteroatoms. The number of aromatic nitrogens is 2. The summed E-state index contributed by atoms with van der Waals surface area (Å²) in [6.07, 6.45) is -4.22. The van der Waals surface area contributed by atoms with E-state index in [-0.39, 0.29) is 12.4 Å². The van der Waals surface area contributed by atoms with Crippen LogP contribution in [0.4, 0.5) is 18.3 Å². The molecule has 2 rings (SSSR count). The van der Waals surface area contributed by atoms with Crippen molar-refractivity contribution >= 4 is 28.9 Å². The van der Waals surface area contributed by atoms with E-state index in [1.54, 1.807) is 27.0 Å². The number of thiazole rings is 1. The maximum Gasteiger partial charge on any atom is 0.406 e. The highest BCUT2D eigenvalue weighted by Crippen LogP contribution is 2.31. The third kappa shape index (κ3) is 3.46. The highest BCUT2D eigenvalue weighted by molar-refractivity contribution is 7.14. The van der Waals surface area contributed by atoms with E-state index in [2.05, 4.69) is 10.3 Å². The molecule has 0 aliphatic heterocycles. The Labute approximate surface area is 125 Å². The van der Waals surface area contributed by atoms with Crippen LogP contribution in [-0.2, 0) is 6.54 Å². The molecule has 0 radical (unpaired) electrons. The van der Waals surface area contributed by atoms with Crippen molar-refractivity contribution in [3.05, 3.63) is 22.8 Å². The molecule has 2 heterocycles. The topological polar surface area (TPSA) is 29.9 Å². The number of hydrogen-bond donors (Lipinski definition) is 1. The summed E-state index contributed by atoms with van der Waals surface area (Å²) in [6, 6.07) is 1.75. The van der Waals surface area contributed by atoms with Crippen LogP contribution in [0.2, 0.25) is 0 Å². The van der Waals surface area contributed by atoms with Crippen LogP contribution in [0.5, 0.6) is 0 Å². The lowest BCUT2D eigenvalue weighted by atomic mass is 10.2.